The fourth-order valence-corrected chi connectivity index (χ4v) is 2.46. The van der Waals surface area contributed by atoms with Crippen LogP contribution in [0, 0.1) is 0 Å². The van der Waals surface area contributed by atoms with Crippen LogP contribution in [0.2, 0.25) is 0 Å². The zero-order valence-electron chi connectivity index (χ0n) is 8.13. The topological polar surface area (TPSA) is 41.6 Å². The lowest BCUT2D eigenvalue weighted by molar-refractivity contribution is 0.866. The molecule has 76 valence electrons. The minimum Gasteiger partial charge on any atom is -0.282 e. The van der Waals surface area contributed by atoms with Gasteiger partial charge in [-0.15, -0.1) is 0 Å². The predicted octanol–water partition coefficient (Wildman–Crippen LogP) is 2.72. The second-order valence-corrected chi connectivity index (χ2v) is 4.69. The molecule has 0 saturated heterocycles. The largest absolute Gasteiger partial charge is 0.282 e. The first kappa shape index (κ1) is 9.09. The number of rotatable bonds is 1. The lowest BCUT2D eigenvalue weighted by Gasteiger charge is -1.99. The fraction of sp³-hybridized carbons (Fsp3) is 0.273. The fourth-order valence-electron chi connectivity index (χ4n) is 2.10. The average Bonchev–Trinajstić information content (AvgIpc) is 2.77. The Balaban J connectivity index is 2.13. The van der Waals surface area contributed by atoms with Crippen molar-refractivity contribution in [2.75, 3.05) is 0 Å². The van der Waals surface area contributed by atoms with Crippen LogP contribution < -0.4 is 0 Å². The van der Waals surface area contributed by atoms with Gasteiger partial charge in [0.2, 0.25) is 0 Å². The Labute approximate surface area is 96.1 Å². The van der Waals surface area contributed by atoms with E-state index in [4.69, 9.17) is 0 Å². The van der Waals surface area contributed by atoms with Crippen LogP contribution in [0.4, 0.5) is 0 Å². The first-order chi connectivity index (χ1) is 7.34. The Morgan fingerprint density at radius 2 is 2.20 bits per heavy atom. The number of hydrogen-bond acceptors (Lipinski definition) is 2. The second kappa shape index (κ2) is 3.45. The number of hydrogen-bond donors (Lipinski definition) is 1. The van der Waals surface area contributed by atoms with Crippen LogP contribution in [0.5, 0.6) is 0 Å². The SMILES string of the molecule is Brc1cncc(-c2n[nH]c3c2CCC3)c1. The van der Waals surface area contributed by atoms with Gasteiger partial charge in [-0.2, -0.15) is 5.10 Å². The molecule has 0 amide bonds. The van der Waals surface area contributed by atoms with Gasteiger partial charge in [-0.3, -0.25) is 10.1 Å². The zero-order valence-corrected chi connectivity index (χ0v) is 9.71. The lowest BCUT2D eigenvalue weighted by atomic mass is 10.1. The summed E-state index contributed by atoms with van der Waals surface area (Å²) in [6.45, 7) is 0. The number of fused-ring (bicyclic) bond motifs is 1. The maximum absolute atomic E-state index is 4.36. The highest BCUT2D eigenvalue weighted by Crippen LogP contribution is 2.30. The van der Waals surface area contributed by atoms with Gasteiger partial charge in [-0.1, -0.05) is 0 Å². The van der Waals surface area contributed by atoms with Crippen molar-refractivity contribution < 1.29 is 0 Å². The zero-order chi connectivity index (χ0) is 10.3. The maximum atomic E-state index is 4.36. The first-order valence-corrected chi connectivity index (χ1v) is 5.81. The summed E-state index contributed by atoms with van der Waals surface area (Å²) in [5.41, 5.74) is 4.82. The first-order valence-electron chi connectivity index (χ1n) is 5.01. The van der Waals surface area contributed by atoms with Gasteiger partial charge < -0.3 is 0 Å². The van der Waals surface area contributed by atoms with Crippen molar-refractivity contribution in [2.45, 2.75) is 19.3 Å². The van der Waals surface area contributed by atoms with Crippen molar-refractivity contribution in [3.8, 4) is 11.3 Å². The van der Waals surface area contributed by atoms with Gasteiger partial charge in [0.1, 0.15) is 0 Å². The molecule has 4 heteroatoms. The number of aryl methyl sites for hydroxylation is 1. The third-order valence-electron chi connectivity index (χ3n) is 2.78. The molecule has 0 bridgehead atoms. The van der Waals surface area contributed by atoms with Crippen molar-refractivity contribution in [3.63, 3.8) is 0 Å². The van der Waals surface area contributed by atoms with Gasteiger partial charge in [0.25, 0.3) is 0 Å². The van der Waals surface area contributed by atoms with Gasteiger partial charge in [0, 0.05) is 33.7 Å². The van der Waals surface area contributed by atoms with E-state index in [1.807, 2.05) is 6.20 Å². The van der Waals surface area contributed by atoms with Crippen molar-refractivity contribution in [1.29, 1.82) is 0 Å². The monoisotopic (exact) mass is 263 g/mol. The Hall–Kier alpha value is -1.16. The number of aromatic nitrogens is 3. The third-order valence-corrected chi connectivity index (χ3v) is 3.22. The smallest absolute Gasteiger partial charge is 0.0971 e. The molecule has 1 aliphatic rings. The van der Waals surface area contributed by atoms with E-state index >= 15 is 0 Å². The molecule has 0 fully saturated rings. The van der Waals surface area contributed by atoms with Crippen molar-refractivity contribution in [2.24, 2.45) is 0 Å². The second-order valence-electron chi connectivity index (χ2n) is 3.77. The van der Waals surface area contributed by atoms with Crippen LogP contribution in [0.3, 0.4) is 0 Å². The summed E-state index contributed by atoms with van der Waals surface area (Å²) in [6, 6.07) is 2.06. The molecule has 2 heterocycles. The molecule has 0 radical (unpaired) electrons. The number of H-pyrrole nitrogens is 1. The molecule has 15 heavy (non-hydrogen) atoms. The number of nitrogens with zero attached hydrogens (tertiary/aromatic N) is 2. The van der Waals surface area contributed by atoms with E-state index in [0.717, 1.165) is 28.6 Å². The minimum atomic E-state index is 0.995. The summed E-state index contributed by atoms with van der Waals surface area (Å²) in [5, 5.41) is 7.47. The van der Waals surface area contributed by atoms with E-state index in [9.17, 15) is 0 Å². The van der Waals surface area contributed by atoms with Crippen LogP contribution in [-0.2, 0) is 12.8 Å². The molecule has 0 aromatic carbocycles. The summed E-state index contributed by atoms with van der Waals surface area (Å²) in [4.78, 5) is 4.16. The molecule has 0 saturated carbocycles. The number of nitrogens with one attached hydrogen (secondary N) is 1. The van der Waals surface area contributed by atoms with Crippen molar-refractivity contribution in [3.05, 3.63) is 34.2 Å². The standard InChI is InChI=1S/C11H10BrN3/c12-8-4-7(5-13-6-8)11-9-2-1-3-10(9)14-15-11/h4-6H,1-3H2,(H,14,15). The Morgan fingerprint density at radius 1 is 1.27 bits per heavy atom. The van der Waals surface area contributed by atoms with Crippen LogP contribution >= 0.6 is 15.9 Å². The molecule has 2 aromatic rings. The van der Waals surface area contributed by atoms with Gasteiger partial charge in [0.05, 0.1) is 5.69 Å². The lowest BCUT2D eigenvalue weighted by Crippen LogP contribution is -1.85. The summed E-state index contributed by atoms with van der Waals surface area (Å²) in [7, 11) is 0. The van der Waals surface area contributed by atoms with Crippen LogP contribution in [-0.4, -0.2) is 15.2 Å². The molecule has 3 rings (SSSR count). The van der Waals surface area contributed by atoms with E-state index in [-0.39, 0.29) is 0 Å². The van der Waals surface area contributed by atoms with E-state index in [1.54, 1.807) is 6.20 Å². The Morgan fingerprint density at radius 3 is 3.07 bits per heavy atom. The molecule has 0 aliphatic heterocycles. The highest BCUT2D eigenvalue weighted by Gasteiger charge is 2.19. The van der Waals surface area contributed by atoms with E-state index in [1.165, 1.54) is 17.7 Å². The average molecular weight is 264 g/mol. The molecule has 3 nitrogen and oxygen atoms in total. The van der Waals surface area contributed by atoms with Crippen LogP contribution in [0.15, 0.2) is 22.9 Å². The number of aromatic amines is 1. The normalized spacial score (nSPS) is 14.2. The molecule has 0 atom stereocenters. The van der Waals surface area contributed by atoms with Gasteiger partial charge in [-0.25, -0.2) is 0 Å². The highest BCUT2D eigenvalue weighted by molar-refractivity contribution is 9.10. The van der Waals surface area contributed by atoms with Gasteiger partial charge >= 0.3 is 0 Å². The van der Waals surface area contributed by atoms with Crippen LogP contribution in [0.1, 0.15) is 17.7 Å². The third kappa shape index (κ3) is 1.49. The van der Waals surface area contributed by atoms with Crippen molar-refractivity contribution in [1.82, 2.24) is 15.2 Å². The number of pyridine rings is 1. The van der Waals surface area contributed by atoms with E-state index in [2.05, 4.69) is 37.2 Å². The minimum absolute atomic E-state index is 0.995. The van der Waals surface area contributed by atoms with E-state index < -0.39 is 0 Å². The van der Waals surface area contributed by atoms with Crippen molar-refractivity contribution >= 4 is 15.9 Å². The molecule has 2 aromatic heterocycles. The molecule has 0 unspecified atom stereocenters. The Kier molecular flexibility index (Phi) is 2.09. The molecular weight excluding hydrogens is 254 g/mol. The predicted molar refractivity (Wildman–Crippen MR) is 61.5 cm³/mol. The molecule has 1 aliphatic carbocycles. The molecule has 0 spiro atoms. The summed E-state index contributed by atoms with van der Waals surface area (Å²) >= 11 is 3.43. The quantitative estimate of drug-likeness (QED) is 0.860. The van der Waals surface area contributed by atoms with Crippen LogP contribution in [0.25, 0.3) is 11.3 Å². The maximum Gasteiger partial charge on any atom is 0.0971 e. The molecular formula is C11H10BrN3. The van der Waals surface area contributed by atoms with Gasteiger partial charge in [0.15, 0.2) is 0 Å². The highest BCUT2D eigenvalue weighted by atomic mass is 79.9. The van der Waals surface area contributed by atoms with Gasteiger partial charge in [-0.05, 0) is 41.3 Å². The summed E-state index contributed by atoms with van der Waals surface area (Å²) < 4.78 is 0.995. The number of halogens is 1. The Bertz CT molecular complexity index is 504. The molecule has 1 N–H and O–H groups in total. The summed E-state index contributed by atoms with van der Waals surface area (Å²) in [6.07, 6.45) is 7.14. The van der Waals surface area contributed by atoms with E-state index in [0.29, 0.717) is 0 Å². The summed E-state index contributed by atoms with van der Waals surface area (Å²) in [5.74, 6) is 0.